The van der Waals surface area contributed by atoms with Crippen LogP contribution in [0.1, 0.15) is 24.1 Å². The van der Waals surface area contributed by atoms with E-state index in [0.717, 1.165) is 49.1 Å². The molecule has 0 saturated carbocycles. The Morgan fingerprint density at radius 1 is 1.33 bits per heavy atom. The van der Waals surface area contributed by atoms with E-state index in [1.54, 1.807) is 0 Å². The van der Waals surface area contributed by atoms with Crippen molar-refractivity contribution in [3.8, 4) is 0 Å². The summed E-state index contributed by atoms with van der Waals surface area (Å²) in [5, 5.41) is 4.73. The van der Waals surface area contributed by atoms with Crippen LogP contribution in [0.3, 0.4) is 0 Å². The van der Waals surface area contributed by atoms with Crippen molar-refractivity contribution >= 4 is 11.8 Å². The number of nitrogens with one attached hydrogen (secondary N) is 1. The molecule has 3 nitrogen and oxygen atoms in total. The number of thioether (sulfide) groups is 1. The Hall–Kier alpha value is -0.580. The molecule has 1 aromatic rings. The highest BCUT2D eigenvalue weighted by atomic mass is 32.2. The first kappa shape index (κ1) is 13.8. The molecular weight excluding hydrogens is 244 g/mol. The van der Waals surface area contributed by atoms with Gasteiger partial charge in [-0.15, -0.1) is 11.8 Å². The van der Waals surface area contributed by atoms with Crippen molar-refractivity contribution < 1.29 is 4.74 Å². The van der Waals surface area contributed by atoms with E-state index >= 15 is 0 Å². The van der Waals surface area contributed by atoms with Crippen molar-refractivity contribution in [2.24, 2.45) is 0 Å². The van der Waals surface area contributed by atoms with Crippen LogP contribution in [0.2, 0.25) is 0 Å². The molecule has 1 aliphatic rings. The average Bonchev–Trinajstić information content (AvgIpc) is 2.35. The third kappa shape index (κ3) is 4.59. The molecule has 0 aromatic carbocycles. The van der Waals surface area contributed by atoms with E-state index in [1.165, 1.54) is 5.56 Å². The molecule has 1 saturated heterocycles. The summed E-state index contributed by atoms with van der Waals surface area (Å²) in [6, 6.07) is 4.92. The average molecular weight is 266 g/mol. The zero-order valence-electron chi connectivity index (χ0n) is 11.2. The molecule has 0 spiro atoms. The largest absolute Gasteiger partial charge is 0.381 e. The molecule has 0 aliphatic carbocycles. The molecule has 100 valence electrons. The summed E-state index contributed by atoms with van der Waals surface area (Å²) in [4.78, 5) is 4.53. The Labute approximate surface area is 114 Å². The van der Waals surface area contributed by atoms with Crippen LogP contribution in [0.25, 0.3) is 0 Å². The highest BCUT2D eigenvalue weighted by Crippen LogP contribution is 2.17. The molecule has 0 unspecified atom stereocenters. The summed E-state index contributed by atoms with van der Waals surface area (Å²) in [5.74, 6) is 1.08. The van der Waals surface area contributed by atoms with Gasteiger partial charge in [-0.25, -0.2) is 4.98 Å². The maximum absolute atomic E-state index is 5.35. The first-order chi connectivity index (χ1) is 8.74. The molecule has 0 radical (unpaired) electrons. The lowest BCUT2D eigenvalue weighted by Gasteiger charge is -2.23. The molecule has 1 N–H and O–H groups in total. The number of hydrogen-bond donors (Lipinski definition) is 1. The second-order valence-electron chi connectivity index (χ2n) is 4.81. The van der Waals surface area contributed by atoms with Crippen molar-refractivity contribution in [2.45, 2.75) is 37.8 Å². The minimum absolute atomic E-state index is 0.645. The summed E-state index contributed by atoms with van der Waals surface area (Å²) in [6.07, 6.45) is 2.29. The van der Waals surface area contributed by atoms with E-state index in [2.05, 4.69) is 36.3 Å². The minimum atomic E-state index is 0.645. The van der Waals surface area contributed by atoms with Gasteiger partial charge in [-0.3, -0.25) is 0 Å². The zero-order chi connectivity index (χ0) is 12.8. The molecule has 0 atom stereocenters. The normalized spacial score (nSPS) is 17.0. The van der Waals surface area contributed by atoms with Gasteiger partial charge < -0.3 is 10.1 Å². The van der Waals surface area contributed by atoms with Gasteiger partial charge in [-0.1, -0.05) is 0 Å². The summed E-state index contributed by atoms with van der Waals surface area (Å²) in [6.45, 7) is 7.03. The lowest BCUT2D eigenvalue weighted by atomic mass is 10.1. The molecule has 1 aromatic heterocycles. The number of rotatable bonds is 5. The summed E-state index contributed by atoms with van der Waals surface area (Å²) in [7, 11) is 0. The maximum Gasteiger partial charge on any atom is 0.0966 e. The second-order valence-corrected chi connectivity index (χ2v) is 5.93. The Kier molecular flexibility index (Phi) is 5.47. The van der Waals surface area contributed by atoms with Gasteiger partial charge in [0.25, 0.3) is 0 Å². The van der Waals surface area contributed by atoms with E-state index in [0.29, 0.717) is 6.04 Å². The lowest BCUT2D eigenvalue weighted by Crippen LogP contribution is -2.35. The van der Waals surface area contributed by atoms with E-state index in [9.17, 15) is 0 Å². The maximum atomic E-state index is 5.35. The van der Waals surface area contributed by atoms with Gasteiger partial charge in [0, 0.05) is 37.2 Å². The molecule has 2 rings (SSSR count). The van der Waals surface area contributed by atoms with Gasteiger partial charge in [-0.2, -0.15) is 0 Å². The number of aryl methyl sites for hydroxylation is 2. The van der Waals surface area contributed by atoms with Crippen molar-refractivity contribution in [1.29, 1.82) is 0 Å². The van der Waals surface area contributed by atoms with Gasteiger partial charge in [0.15, 0.2) is 0 Å². The van der Waals surface area contributed by atoms with Crippen LogP contribution >= 0.6 is 11.8 Å². The van der Waals surface area contributed by atoms with Crippen LogP contribution in [0.15, 0.2) is 17.2 Å². The van der Waals surface area contributed by atoms with Crippen LogP contribution in [0, 0.1) is 13.8 Å². The molecule has 18 heavy (non-hydrogen) atoms. The highest BCUT2D eigenvalue weighted by Gasteiger charge is 2.12. The van der Waals surface area contributed by atoms with Gasteiger partial charge in [0.2, 0.25) is 0 Å². The Morgan fingerprint density at radius 2 is 2.11 bits per heavy atom. The highest BCUT2D eigenvalue weighted by molar-refractivity contribution is 7.99. The zero-order valence-corrected chi connectivity index (χ0v) is 12.1. The molecule has 1 aliphatic heterocycles. The number of pyridine rings is 1. The predicted molar refractivity (Wildman–Crippen MR) is 76.3 cm³/mol. The molecule has 4 heteroatoms. The van der Waals surface area contributed by atoms with Crippen molar-refractivity contribution in [3.63, 3.8) is 0 Å². The van der Waals surface area contributed by atoms with E-state index in [1.807, 2.05) is 11.8 Å². The second kappa shape index (κ2) is 7.12. The number of hydrogen-bond acceptors (Lipinski definition) is 4. The van der Waals surface area contributed by atoms with Gasteiger partial charge in [-0.05, 0) is 44.4 Å². The summed E-state index contributed by atoms with van der Waals surface area (Å²) < 4.78 is 5.35. The fraction of sp³-hybridized carbons (Fsp3) is 0.643. The van der Waals surface area contributed by atoms with Crippen molar-refractivity contribution in [1.82, 2.24) is 10.3 Å². The Bertz CT molecular complexity index is 358. The molecule has 1 fully saturated rings. The van der Waals surface area contributed by atoms with Crippen molar-refractivity contribution in [2.75, 3.05) is 25.5 Å². The first-order valence-electron chi connectivity index (χ1n) is 6.63. The fourth-order valence-electron chi connectivity index (χ4n) is 2.20. The van der Waals surface area contributed by atoms with Crippen LogP contribution in [-0.4, -0.2) is 36.5 Å². The molecule has 0 bridgehead atoms. The fourth-order valence-corrected chi connectivity index (χ4v) is 3.11. The first-order valence-corrected chi connectivity index (χ1v) is 7.62. The summed E-state index contributed by atoms with van der Waals surface area (Å²) in [5.41, 5.74) is 2.40. The molecule has 0 amide bonds. The van der Waals surface area contributed by atoms with Crippen LogP contribution in [-0.2, 0) is 4.74 Å². The number of ether oxygens (including phenoxy) is 1. The molecular formula is C14H22N2OS. The number of nitrogens with zero attached hydrogens (tertiary/aromatic N) is 1. The van der Waals surface area contributed by atoms with Gasteiger partial charge in [0.1, 0.15) is 0 Å². The summed E-state index contributed by atoms with van der Waals surface area (Å²) >= 11 is 1.83. The van der Waals surface area contributed by atoms with Gasteiger partial charge >= 0.3 is 0 Å². The van der Waals surface area contributed by atoms with E-state index < -0.39 is 0 Å². The van der Waals surface area contributed by atoms with E-state index in [-0.39, 0.29) is 0 Å². The smallest absolute Gasteiger partial charge is 0.0966 e. The van der Waals surface area contributed by atoms with Crippen LogP contribution in [0.4, 0.5) is 0 Å². The predicted octanol–water partition coefficient (Wildman–Crippen LogP) is 2.56. The Morgan fingerprint density at radius 3 is 2.83 bits per heavy atom. The standard InChI is InChI=1S/C14H22N2OS/c1-11-9-12(2)16-14(10-11)18-8-5-15-13-3-6-17-7-4-13/h9-10,13,15H,3-8H2,1-2H3. The Balaban J connectivity index is 1.68. The van der Waals surface area contributed by atoms with Crippen LogP contribution in [0.5, 0.6) is 0 Å². The number of aromatic nitrogens is 1. The quantitative estimate of drug-likeness (QED) is 0.656. The topological polar surface area (TPSA) is 34.2 Å². The van der Waals surface area contributed by atoms with Gasteiger partial charge in [0.05, 0.1) is 5.03 Å². The van der Waals surface area contributed by atoms with Crippen molar-refractivity contribution in [3.05, 3.63) is 23.4 Å². The lowest BCUT2D eigenvalue weighted by molar-refractivity contribution is 0.0786. The monoisotopic (exact) mass is 266 g/mol. The SMILES string of the molecule is Cc1cc(C)nc(SCCNC2CCOCC2)c1. The van der Waals surface area contributed by atoms with Crippen LogP contribution < -0.4 is 5.32 Å². The third-order valence-corrected chi connectivity index (χ3v) is 3.99. The van der Waals surface area contributed by atoms with E-state index in [4.69, 9.17) is 4.74 Å². The third-order valence-electron chi connectivity index (χ3n) is 3.08. The molecule has 2 heterocycles. The minimum Gasteiger partial charge on any atom is -0.381 e.